The molecule has 3 nitrogen and oxygen atoms in total. The van der Waals surface area contributed by atoms with Crippen molar-refractivity contribution in [2.75, 3.05) is 0 Å². The number of rotatable bonds is 5. The Morgan fingerprint density at radius 3 is 1.56 bits per heavy atom. The maximum absolute atomic E-state index is 6.23. The van der Waals surface area contributed by atoms with Gasteiger partial charge in [0.05, 0.1) is 0 Å². The molecule has 1 radical (unpaired) electrons. The van der Waals surface area contributed by atoms with Crippen molar-refractivity contribution in [2.45, 2.75) is 90.1 Å². The molecule has 2 aromatic rings. The van der Waals surface area contributed by atoms with E-state index in [1.807, 2.05) is 12.1 Å². The fourth-order valence-corrected chi connectivity index (χ4v) is 4.66. The van der Waals surface area contributed by atoms with Gasteiger partial charge in [-0.15, -0.1) is 0 Å². The number of halogens is 1. The summed E-state index contributed by atoms with van der Waals surface area (Å²) >= 11 is 6.66. The van der Waals surface area contributed by atoms with Crippen LogP contribution in [0.4, 0.5) is 0 Å². The van der Waals surface area contributed by atoms with Crippen LogP contribution < -0.4 is 8.85 Å². The Morgan fingerprint density at radius 2 is 1.21 bits per heavy atom. The average molecular weight is 582 g/mol. The van der Waals surface area contributed by atoms with Crippen LogP contribution in [0.2, 0.25) is 36.3 Å². The van der Waals surface area contributed by atoms with Crippen LogP contribution in [0.15, 0.2) is 52.8 Å². The molecule has 2 aromatic carbocycles. The van der Waals surface area contributed by atoms with Crippen LogP contribution in [0.25, 0.3) is 0 Å². The molecule has 0 amide bonds. The summed E-state index contributed by atoms with van der Waals surface area (Å²) < 4.78 is 15.1. The molecule has 0 saturated heterocycles. The molecular formula is C26H44BBrNO2SSi2. The van der Waals surface area contributed by atoms with E-state index < -0.39 is 16.6 Å². The summed E-state index contributed by atoms with van der Waals surface area (Å²) in [7, 11) is 0.971. The van der Waals surface area contributed by atoms with E-state index in [-0.39, 0.29) is 10.1 Å². The summed E-state index contributed by atoms with van der Waals surface area (Å²) in [5, 5.41) is 1.38. The first-order valence-corrected chi connectivity index (χ1v) is 18.9. The second kappa shape index (κ2) is 14.0. The Hall–Kier alpha value is -0.831. The van der Waals surface area contributed by atoms with Gasteiger partial charge in [-0.2, -0.15) is 0 Å². The quantitative estimate of drug-likeness (QED) is 0.217. The van der Waals surface area contributed by atoms with Crippen LogP contribution in [0.3, 0.4) is 0 Å². The summed E-state index contributed by atoms with van der Waals surface area (Å²) in [5.74, 6) is 2.02. The predicted octanol–water partition coefficient (Wildman–Crippen LogP) is 9.53. The molecule has 0 atom stereocenters. The number of benzene rings is 2. The van der Waals surface area contributed by atoms with Gasteiger partial charge in [0.1, 0.15) is 11.5 Å². The first-order valence-electron chi connectivity index (χ1n) is 11.5. The topological polar surface area (TPSA) is 30.8 Å². The molecular weight excluding hydrogens is 537 g/mol. The van der Waals surface area contributed by atoms with Gasteiger partial charge in [-0.05, 0) is 78.6 Å². The van der Waals surface area contributed by atoms with E-state index in [4.69, 9.17) is 8.85 Å². The average Bonchev–Trinajstić information content (AvgIpc) is 2.67. The second-order valence-corrected chi connectivity index (χ2v) is 21.7. The van der Waals surface area contributed by atoms with Crippen LogP contribution in [-0.4, -0.2) is 24.3 Å². The Bertz CT molecular complexity index is 897. The molecule has 0 saturated carbocycles. The van der Waals surface area contributed by atoms with E-state index in [9.17, 15) is 0 Å². The van der Waals surface area contributed by atoms with Crippen molar-refractivity contribution in [3.63, 3.8) is 0 Å². The zero-order valence-corrected chi connectivity index (χ0v) is 27.5. The first kappa shape index (κ1) is 33.2. The third-order valence-corrected chi connectivity index (χ3v) is 15.8. The van der Waals surface area contributed by atoms with Crippen molar-refractivity contribution < 1.29 is 8.85 Å². The molecule has 0 heterocycles. The van der Waals surface area contributed by atoms with Crippen LogP contribution >= 0.6 is 28.7 Å². The van der Waals surface area contributed by atoms with Gasteiger partial charge in [-0.1, -0.05) is 81.7 Å². The molecule has 0 N–H and O–H groups in total. The van der Waals surface area contributed by atoms with Crippen molar-refractivity contribution in [2.24, 2.45) is 4.30 Å². The third kappa shape index (κ3) is 11.7. The zero-order chi connectivity index (χ0) is 26.8. The maximum atomic E-state index is 6.23. The minimum absolute atomic E-state index is 0.247. The molecule has 189 valence electrons. The molecule has 0 aliphatic rings. The van der Waals surface area contributed by atoms with Crippen molar-refractivity contribution in [3.05, 3.63) is 59.7 Å². The molecule has 0 aliphatic carbocycles. The fourth-order valence-electron chi connectivity index (χ4n) is 2.27. The SMILES string of the molecule is CC(C)(C)[Si](C)(C)Oc1cccc(CBr)c1.Cc1cccc(O[Si](C)(C)C(C)(C)C)c1.[B]=NS. The van der Waals surface area contributed by atoms with Crippen molar-refractivity contribution >= 4 is 53.0 Å². The summed E-state index contributed by atoms with van der Waals surface area (Å²) in [6.07, 6.45) is 0. The van der Waals surface area contributed by atoms with E-state index in [1.165, 1.54) is 11.1 Å². The molecule has 0 aromatic heterocycles. The second-order valence-electron chi connectivity index (χ2n) is 11.4. The number of alkyl halides is 1. The third-order valence-electron chi connectivity index (χ3n) is 6.40. The van der Waals surface area contributed by atoms with Crippen LogP contribution in [0.1, 0.15) is 52.7 Å². The minimum atomic E-state index is -1.70. The number of hydrogen-bond acceptors (Lipinski definition) is 4. The Morgan fingerprint density at radius 1 is 0.824 bits per heavy atom. The zero-order valence-electron chi connectivity index (χ0n) is 23.0. The Kier molecular flexibility index (Phi) is 13.7. The molecule has 0 bridgehead atoms. The molecule has 0 aliphatic heterocycles. The van der Waals surface area contributed by atoms with Gasteiger partial charge < -0.3 is 8.85 Å². The van der Waals surface area contributed by atoms with Gasteiger partial charge in [0, 0.05) is 5.33 Å². The van der Waals surface area contributed by atoms with Crippen LogP contribution in [-0.2, 0) is 5.33 Å². The Balaban J connectivity index is 0.000000575. The molecule has 2 rings (SSSR count). The first-order chi connectivity index (χ1) is 15.4. The van der Waals surface area contributed by atoms with Crippen LogP contribution in [0.5, 0.6) is 11.5 Å². The van der Waals surface area contributed by atoms with E-state index in [0.29, 0.717) is 0 Å². The van der Waals surface area contributed by atoms with Crippen LogP contribution in [0, 0.1) is 6.92 Å². The van der Waals surface area contributed by atoms with Gasteiger partial charge in [0.2, 0.25) is 16.6 Å². The summed E-state index contributed by atoms with van der Waals surface area (Å²) in [6.45, 7) is 24.7. The van der Waals surface area contributed by atoms with Crippen molar-refractivity contribution in [1.29, 1.82) is 0 Å². The number of thiol groups is 1. The van der Waals surface area contributed by atoms with E-state index in [0.717, 1.165) is 16.8 Å². The summed E-state index contributed by atoms with van der Waals surface area (Å²) in [4.78, 5) is 0. The number of nitrogens with zero attached hydrogens (tertiary/aromatic N) is 1. The standard InChI is InChI=1S/C13H21BrOSi.C13H22OSi.BHNS/c1-13(2,3)16(4,5)15-12-8-6-7-11(9-12)10-14;1-11-8-7-9-12(10-11)14-15(5,6)13(2,3)4;1-2-3/h6-9H,10H2,1-5H3;7-10H,1-6H3;3H. The van der Waals surface area contributed by atoms with E-state index >= 15 is 0 Å². The normalized spacial score (nSPS) is 11.9. The molecule has 0 fully saturated rings. The van der Waals surface area contributed by atoms with E-state index in [2.05, 4.69) is 152 Å². The predicted molar refractivity (Wildman–Crippen MR) is 163 cm³/mol. The van der Waals surface area contributed by atoms with Gasteiger partial charge in [-0.3, -0.25) is 0 Å². The molecule has 34 heavy (non-hydrogen) atoms. The molecule has 8 heteroatoms. The van der Waals surface area contributed by atoms with Gasteiger partial charge in [0.25, 0.3) is 0 Å². The van der Waals surface area contributed by atoms with Gasteiger partial charge in [0.15, 0.2) is 0 Å². The van der Waals surface area contributed by atoms with Crippen molar-refractivity contribution in [3.8, 4) is 11.5 Å². The molecule has 0 spiro atoms. The summed E-state index contributed by atoms with van der Waals surface area (Å²) in [6, 6.07) is 16.6. The van der Waals surface area contributed by atoms with Gasteiger partial charge >= 0.3 is 24.8 Å². The van der Waals surface area contributed by atoms with E-state index in [1.54, 1.807) is 0 Å². The Labute approximate surface area is 226 Å². The molecule has 0 unspecified atom stereocenters. The van der Waals surface area contributed by atoms with Gasteiger partial charge in [-0.25, -0.2) is 0 Å². The number of hydrogen-bond donors (Lipinski definition) is 1. The monoisotopic (exact) mass is 580 g/mol. The fraction of sp³-hybridized carbons (Fsp3) is 0.538. The number of aryl methyl sites for hydroxylation is 1. The van der Waals surface area contributed by atoms with Crippen molar-refractivity contribution in [1.82, 2.24) is 0 Å². The summed E-state index contributed by atoms with van der Waals surface area (Å²) in [5.41, 5.74) is 2.52.